The van der Waals surface area contributed by atoms with E-state index in [0.717, 1.165) is 0 Å². The van der Waals surface area contributed by atoms with Gasteiger partial charge in [-0.05, 0) is 12.1 Å². The fourth-order valence-corrected chi connectivity index (χ4v) is 3.12. The van der Waals surface area contributed by atoms with Crippen LogP contribution in [-0.4, -0.2) is 40.5 Å². The van der Waals surface area contributed by atoms with Gasteiger partial charge in [-0.1, -0.05) is 18.2 Å². The van der Waals surface area contributed by atoms with E-state index < -0.39 is 9.84 Å². The average molecular weight is 283 g/mol. The minimum Gasteiger partial charge on any atom is -0.493 e. The van der Waals surface area contributed by atoms with E-state index in [1.165, 1.54) is 5.41 Å². The van der Waals surface area contributed by atoms with Gasteiger partial charge in [-0.25, -0.2) is 8.42 Å². The van der Waals surface area contributed by atoms with E-state index >= 15 is 0 Å². The first kappa shape index (κ1) is 13.9. The van der Waals surface area contributed by atoms with E-state index in [-0.39, 0.29) is 11.8 Å². The van der Waals surface area contributed by atoms with E-state index in [2.05, 4.69) is 5.32 Å². The number of ether oxygens (including phenoxy) is 2. The third-order valence-corrected chi connectivity index (χ3v) is 4.16. The molecule has 1 atom stereocenters. The second-order valence-electron chi connectivity index (χ2n) is 4.22. The Morgan fingerprint density at radius 1 is 1.32 bits per heavy atom. The summed E-state index contributed by atoms with van der Waals surface area (Å²) in [6.07, 6.45) is 1.67. The molecule has 1 unspecified atom stereocenters. The van der Waals surface area contributed by atoms with Crippen LogP contribution in [0.25, 0.3) is 0 Å². The summed E-state index contributed by atoms with van der Waals surface area (Å²) in [4.78, 5) is 0. The molecule has 0 bridgehead atoms. The number of rotatable bonds is 6. The van der Waals surface area contributed by atoms with Crippen molar-refractivity contribution < 1.29 is 17.9 Å². The van der Waals surface area contributed by atoms with Gasteiger partial charge in [0.15, 0.2) is 21.3 Å². The summed E-state index contributed by atoms with van der Waals surface area (Å²) >= 11 is 0. The Labute approximate surface area is 113 Å². The molecule has 0 amide bonds. The van der Waals surface area contributed by atoms with E-state index in [1.807, 2.05) is 24.3 Å². The Kier molecular flexibility index (Phi) is 4.44. The van der Waals surface area contributed by atoms with Gasteiger partial charge in [-0.3, -0.25) is 0 Å². The van der Waals surface area contributed by atoms with E-state index in [0.29, 0.717) is 24.7 Å². The number of para-hydroxylation sites is 2. The predicted molar refractivity (Wildman–Crippen MR) is 73.2 cm³/mol. The quantitative estimate of drug-likeness (QED) is 0.788. The summed E-state index contributed by atoms with van der Waals surface area (Å²) in [5, 5.41) is 4.37. The lowest BCUT2D eigenvalue weighted by atomic mass is 10.3. The minimum absolute atomic E-state index is 0.119. The topological polar surface area (TPSA) is 64.6 Å². The maximum absolute atomic E-state index is 11.2. The maximum Gasteiger partial charge on any atom is 0.173 e. The summed E-state index contributed by atoms with van der Waals surface area (Å²) in [7, 11) is -1.41. The van der Waals surface area contributed by atoms with Crippen molar-refractivity contribution in [1.82, 2.24) is 5.32 Å². The van der Waals surface area contributed by atoms with Gasteiger partial charge in [0.05, 0.1) is 12.9 Å². The van der Waals surface area contributed by atoms with Gasteiger partial charge >= 0.3 is 0 Å². The van der Waals surface area contributed by atoms with Crippen LogP contribution in [0.1, 0.15) is 0 Å². The van der Waals surface area contributed by atoms with Crippen molar-refractivity contribution >= 4 is 9.84 Å². The summed E-state index contributed by atoms with van der Waals surface area (Å²) in [6.45, 7) is 1.02. The van der Waals surface area contributed by atoms with Gasteiger partial charge in [-0.15, -0.1) is 0 Å². The van der Waals surface area contributed by atoms with Crippen molar-refractivity contribution in [3.05, 3.63) is 35.7 Å². The van der Waals surface area contributed by atoms with Gasteiger partial charge in [-0.2, -0.15) is 0 Å². The van der Waals surface area contributed by atoms with Crippen LogP contribution in [0, 0.1) is 0 Å². The highest BCUT2D eigenvalue weighted by molar-refractivity contribution is 7.94. The standard InChI is InChI=1S/C13H17NO4S/c1-17-12-4-2-3-5-13(12)18-8-7-14-11-6-9-19(15,16)10-11/h2-6,9,11,14H,7-8,10H2,1H3. The van der Waals surface area contributed by atoms with E-state index in [4.69, 9.17) is 9.47 Å². The minimum atomic E-state index is -3.00. The Hall–Kier alpha value is -1.53. The normalized spacial score (nSPS) is 20.4. The van der Waals surface area contributed by atoms with Crippen LogP contribution < -0.4 is 14.8 Å². The van der Waals surface area contributed by atoms with Crippen molar-refractivity contribution in [3.8, 4) is 11.5 Å². The van der Waals surface area contributed by atoms with Crippen LogP contribution in [0.5, 0.6) is 11.5 Å². The average Bonchev–Trinajstić information content (AvgIpc) is 2.75. The summed E-state index contributed by atoms with van der Waals surface area (Å²) in [5.74, 6) is 1.49. The van der Waals surface area contributed by atoms with Crippen molar-refractivity contribution in [2.24, 2.45) is 0 Å². The summed E-state index contributed by atoms with van der Waals surface area (Å²) in [5.41, 5.74) is 0. The number of sulfone groups is 1. The van der Waals surface area contributed by atoms with Crippen LogP contribution in [-0.2, 0) is 9.84 Å². The molecule has 1 N–H and O–H groups in total. The Bertz CT molecular complexity index is 554. The first-order valence-electron chi connectivity index (χ1n) is 6.01. The van der Waals surface area contributed by atoms with Gasteiger partial charge in [0.2, 0.25) is 0 Å². The number of hydrogen-bond acceptors (Lipinski definition) is 5. The third kappa shape index (κ3) is 3.97. The first-order chi connectivity index (χ1) is 9.11. The molecule has 0 radical (unpaired) electrons. The van der Waals surface area contributed by atoms with Crippen LogP contribution in [0.2, 0.25) is 0 Å². The second-order valence-corrected chi connectivity index (χ2v) is 6.15. The zero-order valence-corrected chi connectivity index (χ0v) is 11.5. The van der Waals surface area contributed by atoms with Gasteiger partial charge in [0.1, 0.15) is 6.61 Å². The van der Waals surface area contributed by atoms with Crippen molar-refractivity contribution in [1.29, 1.82) is 0 Å². The van der Waals surface area contributed by atoms with E-state index in [9.17, 15) is 8.42 Å². The van der Waals surface area contributed by atoms with Gasteiger partial charge in [0, 0.05) is 18.0 Å². The predicted octanol–water partition coefficient (Wildman–Crippen LogP) is 0.974. The first-order valence-corrected chi connectivity index (χ1v) is 7.72. The maximum atomic E-state index is 11.2. The zero-order chi connectivity index (χ0) is 13.7. The molecule has 1 aromatic carbocycles. The lowest BCUT2D eigenvalue weighted by molar-refractivity contribution is 0.290. The lowest BCUT2D eigenvalue weighted by Crippen LogP contribution is -2.33. The largest absolute Gasteiger partial charge is 0.493 e. The van der Waals surface area contributed by atoms with Gasteiger partial charge in [0.25, 0.3) is 0 Å². The second kappa shape index (κ2) is 6.08. The molecule has 1 aliphatic rings. The SMILES string of the molecule is COc1ccccc1OCCNC1C=CS(=O)(=O)C1. The highest BCUT2D eigenvalue weighted by Gasteiger charge is 2.20. The fourth-order valence-electron chi connectivity index (χ4n) is 1.85. The molecule has 1 aliphatic heterocycles. The third-order valence-electron chi connectivity index (χ3n) is 2.77. The molecular formula is C13H17NO4S. The molecule has 19 heavy (non-hydrogen) atoms. The molecule has 0 fully saturated rings. The molecule has 5 nitrogen and oxygen atoms in total. The molecule has 0 saturated carbocycles. The Morgan fingerprint density at radius 3 is 2.68 bits per heavy atom. The van der Waals surface area contributed by atoms with Crippen LogP contribution in [0.3, 0.4) is 0 Å². The number of methoxy groups -OCH3 is 1. The highest BCUT2D eigenvalue weighted by Crippen LogP contribution is 2.25. The molecule has 0 aliphatic carbocycles. The zero-order valence-electron chi connectivity index (χ0n) is 10.7. The van der Waals surface area contributed by atoms with E-state index in [1.54, 1.807) is 13.2 Å². The summed E-state index contributed by atoms with van der Waals surface area (Å²) < 4.78 is 33.2. The molecule has 1 heterocycles. The lowest BCUT2D eigenvalue weighted by Gasteiger charge is -2.12. The molecule has 0 saturated heterocycles. The molecular weight excluding hydrogens is 266 g/mol. The van der Waals surface area contributed by atoms with Gasteiger partial charge < -0.3 is 14.8 Å². The van der Waals surface area contributed by atoms with Crippen LogP contribution >= 0.6 is 0 Å². The highest BCUT2D eigenvalue weighted by atomic mass is 32.2. The van der Waals surface area contributed by atoms with Crippen molar-refractivity contribution in [2.45, 2.75) is 6.04 Å². The smallest absolute Gasteiger partial charge is 0.173 e. The molecule has 0 aromatic heterocycles. The molecule has 0 spiro atoms. The number of nitrogens with one attached hydrogen (secondary N) is 1. The van der Waals surface area contributed by atoms with Crippen LogP contribution in [0.4, 0.5) is 0 Å². The number of benzene rings is 1. The fraction of sp³-hybridized carbons (Fsp3) is 0.385. The number of hydrogen-bond donors (Lipinski definition) is 1. The van der Waals surface area contributed by atoms with Crippen molar-refractivity contribution in [3.63, 3.8) is 0 Å². The Morgan fingerprint density at radius 2 is 2.05 bits per heavy atom. The molecule has 2 rings (SSSR count). The monoisotopic (exact) mass is 283 g/mol. The van der Waals surface area contributed by atoms with Crippen LogP contribution in [0.15, 0.2) is 35.7 Å². The summed E-state index contributed by atoms with van der Waals surface area (Å²) in [6, 6.07) is 7.29. The molecule has 1 aromatic rings. The van der Waals surface area contributed by atoms with Crippen molar-refractivity contribution in [2.75, 3.05) is 26.0 Å². The molecule has 6 heteroatoms. The molecule has 104 valence electrons. The Balaban J connectivity index is 1.74.